The highest BCUT2D eigenvalue weighted by molar-refractivity contribution is 5.92. The molecule has 0 aromatic carbocycles. The van der Waals surface area contributed by atoms with E-state index in [-0.39, 0.29) is 11.9 Å². The molecule has 0 saturated carbocycles. The Morgan fingerprint density at radius 2 is 2.25 bits per heavy atom. The van der Waals surface area contributed by atoms with E-state index in [1.807, 2.05) is 30.5 Å². The van der Waals surface area contributed by atoms with Crippen LogP contribution in [0.3, 0.4) is 0 Å². The summed E-state index contributed by atoms with van der Waals surface area (Å²) in [5.74, 6) is -0.0513. The number of aromatic nitrogens is 4. The minimum absolute atomic E-state index is 0.0513. The van der Waals surface area contributed by atoms with Crippen molar-refractivity contribution in [3.05, 3.63) is 47.3 Å². The fourth-order valence-electron chi connectivity index (χ4n) is 3.03. The van der Waals surface area contributed by atoms with Gasteiger partial charge in [-0.05, 0) is 26.0 Å². The lowest BCUT2D eigenvalue weighted by atomic mass is 10.0. The zero-order valence-electron chi connectivity index (χ0n) is 14.1. The lowest BCUT2D eigenvalue weighted by molar-refractivity contribution is -0.134. The number of nitrogens with zero attached hydrogens (tertiary/aromatic N) is 5. The second-order valence-electron chi connectivity index (χ2n) is 5.80. The van der Waals surface area contributed by atoms with Crippen molar-refractivity contribution in [2.45, 2.75) is 19.9 Å². The van der Waals surface area contributed by atoms with Gasteiger partial charge in [-0.3, -0.25) is 9.48 Å². The van der Waals surface area contributed by atoms with Crippen molar-refractivity contribution in [3.63, 3.8) is 0 Å². The monoisotopic (exact) mass is 327 g/mol. The van der Waals surface area contributed by atoms with Crippen LogP contribution < -0.4 is 0 Å². The molecule has 0 N–H and O–H groups in total. The third-order valence-electron chi connectivity index (χ3n) is 4.31. The molecule has 1 atom stereocenters. The van der Waals surface area contributed by atoms with Crippen molar-refractivity contribution in [2.75, 3.05) is 19.8 Å². The average Bonchev–Trinajstić information content (AvgIpc) is 2.86. The van der Waals surface area contributed by atoms with E-state index in [0.717, 1.165) is 17.0 Å². The number of ether oxygens (including phenoxy) is 1. The molecule has 0 radical (unpaired) electrons. The summed E-state index contributed by atoms with van der Waals surface area (Å²) in [6.07, 6.45) is 6.38. The molecule has 126 valence electrons. The van der Waals surface area contributed by atoms with Gasteiger partial charge in [-0.1, -0.05) is 0 Å². The molecule has 24 heavy (non-hydrogen) atoms. The maximum atomic E-state index is 12.7. The molecule has 2 aromatic heterocycles. The summed E-state index contributed by atoms with van der Waals surface area (Å²) >= 11 is 0. The SMILES string of the molecule is Cc1nn(C)c(C)c1C1COCCN1C(=O)/C=C/c1ccncn1. The molecular weight excluding hydrogens is 306 g/mol. The van der Waals surface area contributed by atoms with Crippen molar-refractivity contribution < 1.29 is 9.53 Å². The van der Waals surface area contributed by atoms with Crippen LogP contribution in [-0.4, -0.2) is 50.3 Å². The Balaban J connectivity index is 1.84. The third-order valence-corrected chi connectivity index (χ3v) is 4.31. The second kappa shape index (κ2) is 6.92. The van der Waals surface area contributed by atoms with Crippen LogP contribution in [0.4, 0.5) is 0 Å². The van der Waals surface area contributed by atoms with E-state index in [0.29, 0.717) is 25.5 Å². The molecule has 1 aliphatic rings. The van der Waals surface area contributed by atoms with Gasteiger partial charge in [0.2, 0.25) is 5.91 Å². The highest BCUT2D eigenvalue weighted by Gasteiger charge is 2.31. The molecule has 3 rings (SSSR count). The maximum absolute atomic E-state index is 12.7. The van der Waals surface area contributed by atoms with Gasteiger partial charge in [0.05, 0.1) is 30.6 Å². The average molecular weight is 327 g/mol. The summed E-state index contributed by atoms with van der Waals surface area (Å²) in [5.41, 5.74) is 3.77. The topological polar surface area (TPSA) is 73.1 Å². The zero-order chi connectivity index (χ0) is 17.1. The summed E-state index contributed by atoms with van der Waals surface area (Å²) in [6.45, 7) is 5.58. The van der Waals surface area contributed by atoms with Gasteiger partial charge >= 0.3 is 0 Å². The zero-order valence-corrected chi connectivity index (χ0v) is 14.1. The van der Waals surface area contributed by atoms with Crippen LogP contribution in [0, 0.1) is 13.8 Å². The Morgan fingerprint density at radius 1 is 1.42 bits per heavy atom. The van der Waals surface area contributed by atoms with E-state index < -0.39 is 0 Å². The number of hydrogen-bond donors (Lipinski definition) is 0. The number of carbonyl (C=O) groups is 1. The van der Waals surface area contributed by atoms with Crippen molar-refractivity contribution >= 4 is 12.0 Å². The first-order chi connectivity index (χ1) is 11.6. The van der Waals surface area contributed by atoms with Crippen LogP contribution >= 0.6 is 0 Å². The number of morpholine rings is 1. The first-order valence-electron chi connectivity index (χ1n) is 7.90. The van der Waals surface area contributed by atoms with E-state index in [4.69, 9.17) is 4.74 Å². The molecule has 1 amide bonds. The van der Waals surface area contributed by atoms with Crippen molar-refractivity contribution in [2.24, 2.45) is 7.05 Å². The van der Waals surface area contributed by atoms with E-state index in [1.165, 1.54) is 6.33 Å². The summed E-state index contributed by atoms with van der Waals surface area (Å²) in [4.78, 5) is 22.5. The summed E-state index contributed by atoms with van der Waals surface area (Å²) in [5, 5.41) is 4.46. The summed E-state index contributed by atoms with van der Waals surface area (Å²) < 4.78 is 7.47. The Morgan fingerprint density at radius 3 is 2.92 bits per heavy atom. The Kier molecular flexibility index (Phi) is 4.71. The maximum Gasteiger partial charge on any atom is 0.247 e. The molecular formula is C17H21N5O2. The first kappa shape index (κ1) is 16.3. The fraction of sp³-hybridized carbons (Fsp3) is 0.412. The van der Waals surface area contributed by atoms with E-state index in [2.05, 4.69) is 15.1 Å². The normalized spacial score (nSPS) is 18.3. The molecule has 1 unspecified atom stereocenters. The smallest absolute Gasteiger partial charge is 0.247 e. The quantitative estimate of drug-likeness (QED) is 0.798. The van der Waals surface area contributed by atoms with Gasteiger partial charge in [0.15, 0.2) is 0 Å². The molecule has 0 bridgehead atoms. The molecule has 3 heterocycles. The largest absolute Gasteiger partial charge is 0.377 e. The van der Waals surface area contributed by atoms with Crippen LogP contribution in [0.5, 0.6) is 0 Å². The lowest BCUT2D eigenvalue weighted by Gasteiger charge is -2.35. The van der Waals surface area contributed by atoms with E-state index >= 15 is 0 Å². The highest BCUT2D eigenvalue weighted by atomic mass is 16.5. The van der Waals surface area contributed by atoms with Gasteiger partial charge in [0.25, 0.3) is 0 Å². The summed E-state index contributed by atoms with van der Waals surface area (Å²) in [7, 11) is 1.91. The van der Waals surface area contributed by atoms with Gasteiger partial charge in [-0.25, -0.2) is 9.97 Å². The van der Waals surface area contributed by atoms with Crippen molar-refractivity contribution in [1.82, 2.24) is 24.6 Å². The van der Waals surface area contributed by atoms with Gasteiger partial charge in [-0.2, -0.15) is 5.10 Å². The number of hydrogen-bond acceptors (Lipinski definition) is 5. The molecule has 1 saturated heterocycles. The molecule has 1 fully saturated rings. The number of aryl methyl sites for hydroxylation is 2. The Bertz CT molecular complexity index is 754. The van der Waals surface area contributed by atoms with Gasteiger partial charge in [-0.15, -0.1) is 0 Å². The van der Waals surface area contributed by atoms with Gasteiger partial charge in [0, 0.05) is 37.1 Å². The standard InChI is InChI=1S/C17H21N5O2/c1-12-17(13(2)21(3)20-12)15-10-24-9-8-22(15)16(23)5-4-14-6-7-18-11-19-14/h4-7,11,15H,8-10H2,1-3H3/b5-4+. The van der Waals surface area contributed by atoms with Gasteiger partial charge in [0.1, 0.15) is 6.33 Å². The van der Waals surface area contributed by atoms with Crippen molar-refractivity contribution in [1.29, 1.82) is 0 Å². The fourth-order valence-corrected chi connectivity index (χ4v) is 3.03. The molecule has 7 nitrogen and oxygen atoms in total. The molecule has 2 aromatic rings. The molecule has 0 aliphatic carbocycles. The van der Waals surface area contributed by atoms with Gasteiger partial charge < -0.3 is 9.64 Å². The van der Waals surface area contributed by atoms with Crippen LogP contribution in [0.25, 0.3) is 6.08 Å². The van der Waals surface area contributed by atoms with Crippen LogP contribution in [0.2, 0.25) is 0 Å². The minimum Gasteiger partial charge on any atom is -0.377 e. The Hall–Kier alpha value is -2.54. The summed E-state index contributed by atoms with van der Waals surface area (Å²) in [6, 6.07) is 1.64. The predicted octanol–water partition coefficient (Wildman–Crippen LogP) is 1.44. The molecule has 0 spiro atoms. The molecule has 1 aliphatic heterocycles. The number of rotatable bonds is 3. The molecule has 7 heteroatoms. The van der Waals surface area contributed by atoms with Crippen LogP contribution in [0.1, 0.15) is 28.7 Å². The minimum atomic E-state index is -0.116. The van der Waals surface area contributed by atoms with Crippen LogP contribution in [0.15, 0.2) is 24.7 Å². The number of carbonyl (C=O) groups excluding carboxylic acids is 1. The highest BCUT2D eigenvalue weighted by Crippen LogP contribution is 2.29. The first-order valence-corrected chi connectivity index (χ1v) is 7.90. The van der Waals surface area contributed by atoms with Crippen LogP contribution in [-0.2, 0) is 16.6 Å². The third kappa shape index (κ3) is 3.21. The van der Waals surface area contributed by atoms with E-state index in [1.54, 1.807) is 24.4 Å². The van der Waals surface area contributed by atoms with Crippen molar-refractivity contribution in [3.8, 4) is 0 Å². The lowest BCUT2D eigenvalue weighted by Crippen LogP contribution is -2.43. The Labute approximate surface area is 141 Å². The second-order valence-corrected chi connectivity index (χ2v) is 5.80. The number of amides is 1. The predicted molar refractivity (Wildman–Crippen MR) is 89.0 cm³/mol. The van der Waals surface area contributed by atoms with E-state index in [9.17, 15) is 4.79 Å².